The highest BCUT2D eigenvalue weighted by atomic mass is 127. The van der Waals surface area contributed by atoms with Crippen molar-refractivity contribution in [1.29, 1.82) is 0 Å². The van der Waals surface area contributed by atoms with Crippen molar-refractivity contribution in [3.8, 4) is 11.5 Å². The number of hydrogen-bond acceptors (Lipinski definition) is 7. The summed E-state index contributed by atoms with van der Waals surface area (Å²) in [6.07, 6.45) is 1.39. The number of nitrogens with zero attached hydrogens (tertiary/aromatic N) is 2. The van der Waals surface area contributed by atoms with E-state index in [4.69, 9.17) is 18.9 Å². The fraction of sp³-hybridized carbons (Fsp3) is 0.276. The number of hydrogen-bond donors (Lipinski definition) is 2. The van der Waals surface area contributed by atoms with Crippen molar-refractivity contribution in [3.63, 3.8) is 0 Å². The highest BCUT2D eigenvalue weighted by molar-refractivity contribution is 14.1. The van der Waals surface area contributed by atoms with Crippen LogP contribution in [-0.2, 0) is 21.0 Å². The van der Waals surface area contributed by atoms with E-state index < -0.39 is 23.7 Å². The van der Waals surface area contributed by atoms with Crippen molar-refractivity contribution in [2.24, 2.45) is 0 Å². The molecular weight excluding hydrogens is 599 g/mol. The standard InChI is InChI=1S/C29H29IN2O6/c1-35-23-12-8-21(9-13-23)29(20-6-4-3-5-7-20,22-10-14-24(36-2)15-11-22)37-18-26-25(33)16-28(34,38-26)32-17-27(30)31-19-32/h3-15,17,19,25-26,33-34H,16,18H2,1-2H3/t25-,26+,28-/m0/s1. The first-order valence-electron chi connectivity index (χ1n) is 12.1. The first-order valence-corrected chi connectivity index (χ1v) is 13.2. The monoisotopic (exact) mass is 628 g/mol. The average molecular weight is 628 g/mol. The molecule has 38 heavy (non-hydrogen) atoms. The van der Waals surface area contributed by atoms with Gasteiger partial charge >= 0.3 is 0 Å². The molecule has 4 aromatic rings. The lowest BCUT2D eigenvalue weighted by Gasteiger charge is -2.37. The van der Waals surface area contributed by atoms with Gasteiger partial charge in [-0.25, -0.2) is 4.98 Å². The van der Waals surface area contributed by atoms with Crippen molar-refractivity contribution in [1.82, 2.24) is 9.55 Å². The molecule has 0 saturated carbocycles. The molecule has 1 fully saturated rings. The Balaban J connectivity index is 1.55. The Hall–Kier alpha value is -2.96. The van der Waals surface area contributed by atoms with E-state index in [2.05, 4.69) is 27.6 Å². The predicted octanol–water partition coefficient (Wildman–Crippen LogP) is 4.27. The summed E-state index contributed by atoms with van der Waals surface area (Å²) >= 11 is 2.06. The van der Waals surface area contributed by atoms with E-state index >= 15 is 0 Å². The molecule has 8 nitrogen and oxygen atoms in total. The summed E-state index contributed by atoms with van der Waals surface area (Å²) in [5, 5.41) is 22.1. The van der Waals surface area contributed by atoms with Gasteiger partial charge in [-0.05, 0) is 63.5 Å². The van der Waals surface area contributed by atoms with E-state index in [9.17, 15) is 10.2 Å². The molecule has 198 valence electrons. The van der Waals surface area contributed by atoms with Gasteiger partial charge in [0.05, 0.1) is 33.4 Å². The van der Waals surface area contributed by atoms with Crippen molar-refractivity contribution in [2.45, 2.75) is 30.1 Å². The summed E-state index contributed by atoms with van der Waals surface area (Å²) in [6.45, 7) is 0.00220. The number of aliphatic hydroxyl groups excluding tert-OH is 1. The van der Waals surface area contributed by atoms with Crippen molar-refractivity contribution in [2.75, 3.05) is 20.8 Å². The lowest BCUT2D eigenvalue weighted by atomic mass is 9.80. The molecule has 0 unspecified atom stereocenters. The summed E-state index contributed by atoms with van der Waals surface area (Å²) < 4.78 is 25.8. The molecule has 1 aliphatic heterocycles. The fourth-order valence-corrected chi connectivity index (χ4v) is 5.28. The molecule has 2 heterocycles. The Kier molecular flexibility index (Phi) is 7.73. The van der Waals surface area contributed by atoms with Gasteiger partial charge < -0.3 is 29.2 Å². The number of benzene rings is 3. The van der Waals surface area contributed by atoms with Crippen molar-refractivity contribution >= 4 is 22.6 Å². The van der Waals surface area contributed by atoms with E-state index in [1.165, 1.54) is 10.9 Å². The zero-order valence-electron chi connectivity index (χ0n) is 21.0. The Labute approximate surface area is 234 Å². The topological polar surface area (TPSA) is 95.2 Å². The second-order valence-electron chi connectivity index (χ2n) is 9.09. The van der Waals surface area contributed by atoms with Gasteiger partial charge in [-0.1, -0.05) is 54.6 Å². The maximum Gasteiger partial charge on any atom is 0.256 e. The summed E-state index contributed by atoms with van der Waals surface area (Å²) in [7, 11) is 3.25. The van der Waals surface area contributed by atoms with Gasteiger partial charge in [0, 0.05) is 6.20 Å². The van der Waals surface area contributed by atoms with E-state index in [-0.39, 0.29) is 13.0 Å². The zero-order valence-corrected chi connectivity index (χ0v) is 23.2. The van der Waals surface area contributed by atoms with Gasteiger partial charge in [0.15, 0.2) is 0 Å². The fourth-order valence-electron chi connectivity index (χ4n) is 4.86. The second-order valence-corrected chi connectivity index (χ2v) is 10.2. The lowest BCUT2D eigenvalue weighted by molar-refractivity contribution is -0.260. The number of aliphatic hydroxyl groups is 2. The smallest absolute Gasteiger partial charge is 0.256 e. The molecule has 1 aliphatic rings. The van der Waals surface area contributed by atoms with Gasteiger partial charge in [-0.2, -0.15) is 0 Å². The molecule has 5 rings (SSSR count). The number of imidazole rings is 1. The third kappa shape index (κ3) is 5.04. The van der Waals surface area contributed by atoms with Crippen LogP contribution in [0, 0.1) is 3.70 Å². The number of halogens is 1. The Morgan fingerprint density at radius 1 is 0.947 bits per heavy atom. The predicted molar refractivity (Wildman–Crippen MR) is 149 cm³/mol. The summed E-state index contributed by atoms with van der Waals surface area (Å²) in [6, 6.07) is 25.3. The van der Waals surface area contributed by atoms with Crippen LogP contribution in [-0.4, -0.2) is 52.8 Å². The van der Waals surface area contributed by atoms with E-state index in [0.717, 1.165) is 28.2 Å². The number of aromatic nitrogens is 2. The van der Waals surface area contributed by atoms with E-state index in [1.807, 2.05) is 78.9 Å². The number of ether oxygens (including phenoxy) is 4. The molecule has 0 radical (unpaired) electrons. The normalized spacial score (nSPS) is 21.4. The Bertz CT molecular complexity index is 1300. The molecule has 9 heteroatoms. The van der Waals surface area contributed by atoms with E-state index in [1.54, 1.807) is 20.4 Å². The maximum absolute atomic E-state index is 11.2. The van der Waals surface area contributed by atoms with Crippen LogP contribution in [0.15, 0.2) is 91.4 Å². The lowest BCUT2D eigenvalue weighted by Crippen LogP contribution is -2.38. The first kappa shape index (κ1) is 26.6. The molecule has 0 aliphatic carbocycles. The van der Waals surface area contributed by atoms with Gasteiger partial charge in [0.2, 0.25) is 0 Å². The quantitative estimate of drug-likeness (QED) is 0.211. The van der Waals surface area contributed by atoms with Crippen LogP contribution in [0.1, 0.15) is 23.1 Å². The Morgan fingerprint density at radius 3 is 2.00 bits per heavy atom. The largest absolute Gasteiger partial charge is 0.497 e. The van der Waals surface area contributed by atoms with Crippen LogP contribution in [0.2, 0.25) is 0 Å². The highest BCUT2D eigenvalue weighted by Gasteiger charge is 2.48. The molecule has 1 aromatic heterocycles. The SMILES string of the molecule is COc1ccc(C(OC[C@H]2O[C@](O)(n3cnc(I)c3)C[C@@H]2O)(c2ccccc2)c2ccc(OC)cc2)cc1. The minimum Gasteiger partial charge on any atom is -0.497 e. The molecule has 0 amide bonds. The summed E-state index contributed by atoms with van der Waals surface area (Å²) in [5.41, 5.74) is 1.55. The first-order chi connectivity index (χ1) is 18.4. The van der Waals surface area contributed by atoms with Crippen molar-refractivity contribution < 1.29 is 29.2 Å². The number of methoxy groups -OCH3 is 2. The van der Waals surface area contributed by atoms with Gasteiger partial charge in [-0.15, -0.1) is 0 Å². The molecule has 0 bridgehead atoms. The summed E-state index contributed by atoms with van der Waals surface area (Å²) in [5.74, 6) is -0.278. The highest BCUT2D eigenvalue weighted by Crippen LogP contribution is 2.43. The van der Waals surface area contributed by atoms with Crippen molar-refractivity contribution in [3.05, 3.63) is 112 Å². The molecule has 0 spiro atoms. The van der Waals surface area contributed by atoms with Gasteiger partial charge in [0.25, 0.3) is 5.91 Å². The van der Waals surface area contributed by atoms with Crippen LogP contribution in [0.5, 0.6) is 11.5 Å². The van der Waals surface area contributed by atoms with Crippen LogP contribution in [0.3, 0.4) is 0 Å². The second kappa shape index (κ2) is 11.0. The minimum absolute atomic E-state index is 0.00220. The van der Waals surface area contributed by atoms with Gasteiger partial charge in [0.1, 0.15) is 33.2 Å². The molecule has 1 saturated heterocycles. The Morgan fingerprint density at radius 2 is 1.50 bits per heavy atom. The molecule has 3 atom stereocenters. The minimum atomic E-state index is -1.72. The third-order valence-electron chi connectivity index (χ3n) is 6.84. The van der Waals surface area contributed by atoms with Crippen LogP contribution in [0.25, 0.3) is 0 Å². The molecule has 2 N–H and O–H groups in total. The molecule has 3 aromatic carbocycles. The maximum atomic E-state index is 11.2. The molecular formula is C29H29IN2O6. The zero-order chi connectivity index (χ0) is 26.8. The van der Waals surface area contributed by atoms with Gasteiger partial charge in [-0.3, -0.25) is 4.57 Å². The summed E-state index contributed by atoms with van der Waals surface area (Å²) in [4.78, 5) is 4.17. The van der Waals surface area contributed by atoms with Crippen LogP contribution < -0.4 is 9.47 Å². The van der Waals surface area contributed by atoms with Crippen LogP contribution in [0.4, 0.5) is 0 Å². The third-order valence-corrected chi connectivity index (χ3v) is 7.39. The number of rotatable bonds is 9. The van der Waals surface area contributed by atoms with E-state index in [0.29, 0.717) is 3.70 Å². The average Bonchev–Trinajstić information content (AvgIpc) is 3.53. The van der Waals surface area contributed by atoms with Crippen LogP contribution >= 0.6 is 22.6 Å².